The average Bonchev–Trinajstić information content (AvgIpc) is 2.64. The van der Waals surface area contributed by atoms with E-state index in [1.165, 1.54) is 0 Å². The average molecular weight is 226 g/mol. The minimum Gasteiger partial charge on any atom is -0.373 e. The summed E-state index contributed by atoms with van der Waals surface area (Å²) in [7, 11) is 0. The fourth-order valence-corrected chi connectivity index (χ4v) is 2.05. The molecule has 1 aromatic rings. The zero-order valence-corrected chi connectivity index (χ0v) is 9.72. The quantitative estimate of drug-likeness (QED) is 0.789. The molecule has 0 bridgehead atoms. The van der Waals surface area contributed by atoms with E-state index >= 15 is 0 Å². The highest BCUT2D eigenvalue weighted by Gasteiger charge is 2.23. The summed E-state index contributed by atoms with van der Waals surface area (Å²) in [5.74, 6) is 1.19. The smallest absolute Gasteiger partial charge is 0.240 e. The molecule has 1 aliphatic rings. The number of hydrogen-bond donors (Lipinski definition) is 1. The molecule has 2 atom stereocenters. The fraction of sp³-hybridized carbons (Fsp3) is 0.800. The number of rotatable bonds is 3. The molecule has 0 saturated carbocycles. The Bertz CT molecular complexity index is 331. The molecular formula is C10H18N4O2. The zero-order chi connectivity index (χ0) is 11.5. The second-order valence-electron chi connectivity index (χ2n) is 4.26. The maximum absolute atomic E-state index is 5.65. The Labute approximate surface area is 94.7 Å². The minimum absolute atomic E-state index is 0.254. The Kier molecular flexibility index (Phi) is 3.52. The van der Waals surface area contributed by atoms with Crippen LogP contribution in [0.5, 0.6) is 0 Å². The lowest BCUT2D eigenvalue weighted by Gasteiger charge is -2.34. The van der Waals surface area contributed by atoms with Crippen LogP contribution in [0.3, 0.4) is 0 Å². The molecule has 1 fully saturated rings. The van der Waals surface area contributed by atoms with Crippen molar-refractivity contribution in [2.45, 2.75) is 39.1 Å². The number of ether oxygens (including phenoxy) is 1. The monoisotopic (exact) mass is 226 g/mol. The van der Waals surface area contributed by atoms with Crippen molar-refractivity contribution < 1.29 is 9.26 Å². The van der Waals surface area contributed by atoms with Gasteiger partial charge in [0.1, 0.15) is 0 Å². The molecule has 90 valence electrons. The van der Waals surface area contributed by atoms with Crippen LogP contribution in [-0.2, 0) is 17.8 Å². The molecule has 2 rings (SSSR count). The number of hydrogen-bond acceptors (Lipinski definition) is 6. The summed E-state index contributed by atoms with van der Waals surface area (Å²) < 4.78 is 10.6. The van der Waals surface area contributed by atoms with Crippen molar-refractivity contribution in [2.24, 2.45) is 5.73 Å². The standard InChI is InChI=1S/C10H18N4O2/c1-7-4-14(5-8(2)15-7)6-9-12-10(3-11)16-13-9/h7-8H,3-6,11H2,1-2H3. The topological polar surface area (TPSA) is 77.4 Å². The van der Waals surface area contributed by atoms with Gasteiger partial charge in [-0.1, -0.05) is 5.16 Å². The molecular weight excluding hydrogens is 208 g/mol. The third kappa shape index (κ3) is 2.78. The van der Waals surface area contributed by atoms with Gasteiger partial charge in [0.25, 0.3) is 0 Å². The minimum atomic E-state index is 0.254. The van der Waals surface area contributed by atoms with Crippen molar-refractivity contribution in [2.75, 3.05) is 13.1 Å². The second kappa shape index (κ2) is 4.90. The Balaban J connectivity index is 1.93. The molecule has 0 aromatic carbocycles. The fourth-order valence-electron chi connectivity index (χ4n) is 2.05. The van der Waals surface area contributed by atoms with Crippen LogP contribution in [-0.4, -0.2) is 40.3 Å². The lowest BCUT2D eigenvalue weighted by molar-refractivity contribution is -0.0711. The first-order valence-corrected chi connectivity index (χ1v) is 5.56. The van der Waals surface area contributed by atoms with Gasteiger partial charge in [-0.25, -0.2) is 0 Å². The number of aromatic nitrogens is 2. The van der Waals surface area contributed by atoms with Crippen LogP contribution in [0.4, 0.5) is 0 Å². The van der Waals surface area contributed by atoms with Gasteiger partial charge in [-0.2, -0.15) is 4.98 Å². The van der Waals surface area contributed by atoms with E-state index in [4.69, 9.17) is 15.0 Å². The lowest BCUT2D eigenvalue weighted by atomic mass is 10.2. The Morgan fingerprint density at radius 3 is 2.62 bits per heavy atom. The van der Waals surface area contributed by atoms with Crippen molar-refractivity contribution in [3.8, 4) is 0 Å². The summed E-state index contributed by atoms with van der Waals surface area (Å²) in [6, 6.07) is 0. The van der Waals surface area contributed by atoms with E-state index in [2.05, 4.69) is 28.9 Å². The molecule has 6 nitrogen and oxygen atoms in total. The summed E-state index contributed by atoms with van der Waals surface area (Å²) in [4.78, 5) is 6.46. The molecule has 1 aromatic heterocycles. The first kappa shape index (κ1) is 11.5. The van der Waals surface area contributed by atoms with Crippen molar-refractivity contribution in [3.63, 3.8) is 0 Å². The largest absolute Gasteiger partial charge is 0.373 e. The highest BCUT2D eigenvalue weighted by atomic mass is 16.5. The Hall–Kier alpha value is -0.980. The zero-order valence-electron chi connectivity index (χ0n) is 9.72. The van der Waals surface area contributed by atoms with Crippen LogP contribution >= 0.6 is 0 Å². The van der Waals surface area contributed by atoms with Gasteiger partial charge in [-0.15, -0.1) is 0 Å². The molecule has 1 aliphatic heterocycles. The molecule has 0 amide bonds. The van der Waals surface area contributed by atoms with E-state index in [0.29, 0.717) is 24.8 Å². The van der Waals surface area contributed by atoms with Gasteiger partial charge < -0.3 is 15.0 Å². The van der Waals surface area contributed by atoms with E-state index in [1.807, 2.05) is 0 Å². The van der Waals surface area contributed by atoms with Crippen molar-refractivity contribution in [1.29, 1.82) is 0 Å². The van der Waals surface area contributed by atoms with Crippen molar-refractivity contribution in [3.05, 3.63) is 11.7 Å². The summed E-state index contributed by atoms with van der Waals surface area (Å²) in [6.07, 6.45) is 0.509. The van der Waals surface area contributed by atoms with Crippen molar-refractivity contribution in [1.82, 2.24) is 15.0 Å². The van der Waals surface area contributed by atoms with E-state index < -0.39 is 0 Å². The van der Waals surface area contributed by atoms with Gasteiger partial charge in [0.15, 0.2) is 5.82 Å². The van der Waals surface area contributed by atoms with Gasteiger partial charge in [0.2, 0.25) is 5.89 Å². The van der Waals surface area contributed by atoms with Crippen LogP contribution in [0.1, 0.15) is 25.6 Å². The molecule has 2 unspecified atom stereocenters. The molecule has 2 N–H and O–H groups in total. The highest BCUT2D eigenvalue weighted by Crippen LogP contribution is 2.12. The van der Waals surface area contributed by atoms with Gasteiger partial charge >= 0.3 is 0 Å². The van der Waals surface area contributed by atoms with Gasteiger partial charge in [0, 0.05) is 13.1 Å². The number of morpholine rings is 1. The Morgan fingerprint density at radius 2 is 2.06 bits per heavy atom. The lowest BCUT2D eigenvalue weighted by Crippen LogP contribution is -2.45. The van der Waals surface area contributed by atoms with E-state index in [9.17, 15) is 0 Å². The normalized spacial score (nSPS) is 27.2. The van der Waals surface area contributed by atoms with E-state index in [0.717, 1.165) is 13.1 Å². The van der Waals surface area contributed by atoms with Gasteiger partial charge in [0.05, 0.1) is 25.3 Å². The van der Waals surface area contributed by atoms with E-state index in [1.54, 1.807) is 0 Å². The predicted molar refractivity (Wildman–Crippen MR) is 57.5 cm³/mol. The molecule has 16 heavy (non-hydrogen) atoms. The van der Waals surface area contributed by atoms with Crippen LogP contribution in [0.25, 0.3) is 0 Å². The van der Waals surface area contributed by atoms with Gasteiger partial charge in [-0.05, 0) is 13.8 Å². The highest BCUT2D eigenvalue weighted by molar-refractivity contribution is 4.87. The molecule has 0 aliphatic carbocycles. The Morgan fingerprint density at radius 1 is 1.38 bits per heavy atom. The molecule has 6 heteroatoms. The van der Waals surface area contributed by atoms with Gasteiger partial charge in [-0.3, -0.25) is 4.90 Å². The third-order valence-electron chi connectivity index (χ3n) is 2.55. The van der Waals surface area contributed by atoms with Crippen molar-refractivity contribution >= 4 is 0 Å². The van der Waals surface area contributed by atoms with Crippen LogP contribution in [0.2, 0.25) is 0 Å². The maximum atomic E-state index is 5.65. The van der Waals surface area contributed by atoms with E-state index in [-0.39, 0.29) is 12.2 Å². The maximum Gasteiger partial charge on any atom is 0.240 e. The SMILES string of the molecule is CC1CN(Cc2noc(CN)n2)CC(C)O1. The molecule has 0 radical (unpaired) electrons. The summed E-state index contributed by atoms with van der Waals surface area (Å²) >= 11 is 0. The molecule has 0 spiro atoms. The molecule has 1 saturated heterocycles. The van der Waals surface area contributed by atoms with Crippen LogP contribution in [0.15, 0.2) is 4.52 Å². The number of nitrogens with two attached hydrogens (primary N) is 1. The van der Waals surface area contributed by atoms with Crippen LogP contribution < -0.4 is 5.73 Å². The molecule has 2 heterocycles. The summed E-state index contributed by atoms with van der Waals surface area (Å²) in [5.41, 5.74) is 5.41. The third-order valence-corrected chi connectivity index (χ3v) is 2.55. The first-order chi connectivity index (χ1) is 7.67. The summed E-state index contributed by atoms with van der Waals surface area (Å²) in [5, 5.41) is 3.88. The van der Waals surface area contributed by atoms with Crippen LogP contribution in [0, 0.1) is 0 Å². The second-order valence-corrected chi connectivity index (χ2v) is 4.26. The first-order valence-electron chi connectivity index (χ1n) is 5.56. The summed E-state index contributed by atoms with van der Waals surface area (Å²) in [6.45, 7) is 6.94. The number of nitrogens with zero attached hydrogens (tertiary/aromatic N) is 3. The predicted octanol–water partition coefficient (Wildman–Crippen LogP) is 0.138.